The van der Waals surface area contributed by atoms with E-state index in [1.807, 2.05) is 28.8 Å². The zero-order chi connectivity index (χ0) is 24.1. The predicted octanol–water partition coefficient (Wildman–Crippen LogP) is 4.90. The smallest absolute Gasteiger partial charge is 0.238 e. The van der Waals surface area contributed by atoms with Crippen molar-refractivity contribution < 1.29 is 9.84 Å². The Bertz CT molecular complexity index is 1550. The van der Waals surface area contributed by atoms with Gasteiger partial charge in [-0.3, -0.25) is 9.30 Å². The van der Waals surface area contributed by atoms with Crippen LogP contribution in [0.4, 0.5) is 0 Å². The van der Waals surface area contributed by atoms with E-state index in [-0.39, 0.29) is 5.88 Å². The number of aromatic nitrogens is 4. The minimum atomic E-state index is 0.00129. The molecular formula is C29H27N5O2. The van der Waals surface area contributed by atoms with Crippen LogP contribution in [0.25, 0.3) is 38.9 Å². The van der Waals surface area contributed by atoms with Gasteiger partial charge in [-0.25, -0.2) is 15.0 Å². The first-order valence-electron chi connectivity index (χ1n) is 12.6. The van der Waals surface area contributed by atoms with Crippen molar-refractivity contribution in [1.29, 1.82) is 0 Å². The fourth-order valence-electron chi connectivity index (χ4n) is 5.61. The second-order valence-corrected chi connectivity index (χ2v) is 9.73. The van der Waals surface area contributed by atoms with Crippen molar-refractivity contribution in [1.82, 2.24) is 24.3 Å². The third kappa shape index (κ3) is 3.63. The van der Waals surface area contributed by atoms with Crippen LogP contribution in [0.1, 0.15) is 24.6 Å². The Morgan fingerprint density at radius 3 is 2.53 bits per heavy atom. The Hall–Kier alpha value is -3.81. The Labute approximate surface area is 209 Å². The highest BCUT2D eigenvalue weighted by atomic mass is 16.5. The van der Waals surface area contributed by atoms with Crippen molar-refractivity contribution >= 4 is 16.4 Å². The summed E-state index contributed by atoms with van der Waals surface area (Å²) in [7, 11) is 0. The van der Waals surface area contributed by atoms with E-state index in [9.17, 15) is 5.11 Å². The molecule has 1 N–H and O–H groups in total. The number of aromatic hydroxyl groups is 1. The summed E-state index contributed by atoms with van der Waals surface area (Å²) < 4.78 is 7.54. The first-order chi connectivity index (χ1) is 17.7. The number of benzene rings is 2. The van der Waals surface area contributed by atoms with E-state index in [0.29, 0.717) is 17.5 Å². The summed E-state index contributed by atoms with van der Waals surface area (Å²) in [5.41, 5.74) is 5.25. The standard InChI is InChI=1S/C29H27N5O2/c35-29-27-26(21-7-6-20-8-9-24(31-25(20)18-21)19-4-2-1-3-5-19)32-28(34(27)11-10-30-29)22-16-23(17-22)33-12-14-36-15-13-33/h1-11,18,22-23H,12-17H2,(H,30,35). The van der Waals surface area contributed by atoms with Gasteiger partial charge < -0.3 is 9.84 Å². The molecule has 180 valence electrons. The molecule has 0 bridgehead atoms. The van der Waals surface area contributed by atoms with Crippen molar-refractivity contribution in [2.45, 2.75) is 24.8 Å². The van der Waals surface area contributed by atoms with Gasteiger partial charge in [0, 0.05) is 54.0 Å². The predicted molar refractivity (Wildman–Crippen MR) is 139 cm³/mol. The number of imidazole rings is 1. The minimum absolute atomic E-state index is 0.00129. The molecule has 0 radical (unpaired) electrons. The normalized spacial score (nSPS) is 20.6. The summed E-state index contributed by atoms with van der Waals surface area (Å²) in [6, 6.07) is 21.1. The summed E-state index contributed by atoms with van der Waals surface area (Å²) in [5.74, 6) is 1.35. The van der Waals surface area contributed by atoms with Gasteiger partial charge in [-0.15, -0.1) is 0 Å². The molecule has 7 heteroatoms. The second kappa shape index (κ2) is 8.69. The molecule has 0 atom stereocenters. The number of rotatable bonds is 4. The van der Waals surface area contributed by atoms with Crippen LogP contribution < -0.4 is 0 Å². The third-order valence-corrected chi connectivity index (χ3v) is 7.64. The number of pyridine rings is 1. The van der Waals surface area contributed by atoms with Crippen LogP contribution in [0.3, 0.4) is 0 Å². The lowest BCUT2D eigenvalue weighted by Crippen LogP contribution is -2.49. The van der Waals surface area contributed by atoms with E-state index in [1.165, 1.54) is 0 Å². The van der Waals surface area contributed by atoms with Crippen LogP contribution in [-0.2, 0) is 4.74 Å². The highest BCUT2D eigenvalue weighted by Gasteiger charge is 2.38. The molecule has 1 aliphatic heterocycles. The van der Waals surface area contributed by atoms with Crippen LogP contribution in [0.5, 0.6) is 5.88 Å². The number of ether oxygens (including phenoxy) is 1. The first-order valence-corrected chi connectivity index (χ1v) is 12.6. The molecule has 4 heterocycles. The summed E-state index contributed by atoms with van der Waals surface area (Å²) in [6.07, 6.45) is 5.70. The topological polar surface area (TPSA) is 75.8 Å². The number of nitrogens with zero attached hydrogens (tertiary/aromatic N) is 5. The van der Waals surface area contributed by atoms with Crippen molar-refractivity contribution in [2.75, 3.05) is 26.3 Å². The van der Waals surface area contributed by atoms with E-state index in [2.05, 4.69) is 52.3 Å². The van der Waals surface area contributed by atoms with E-state index >= 15 is 0 Å². The third-order valence-electron chi connectivity index (χ3n) is 7.64. The maximum atomic E-state index is 10.8. The van der Waals surface area contributed by atoms with Gasteiger partial charge in [0.1, 0.15) is 17.0 Å². The Kier molecular flexibility index (Phi) is 5.18. The average Bonchev–Trinajstić information content (AvgIpc) is 3.29. The number of hydrogen-bond acceptors (Lipinski definition) is 6. The first kappa shape index (κ1) is 21.5. The molecule has 0 unspecified atom stereocenters. The van der Waals surface area contributed by atoms with E-state index in [4.69, 9.17) is 14.7 Å². The van der Waals surface area contributed by atoms with E-state index < -0.39 is 0 Å². The molecule has 7 nitrogen and oxygen atoms in total. The highest BCUT2D eigenvalue weighted by Crippen LogP contribution is 2.42. The quantitative estimate of drug-likeness (QED) is 0.397. The van der Waals surface area contributed by atoms with Gasteiger partial charge in [0.15, 0.2) is 0 Å². The lowest BCUT2D eigenvalue weighted by Gasteiger charge is -2.43. The molecular weight excluding hydrogens is 450 g/mol. The van der Waals surface area contributed by atoms with Crippen LogP contribution in [0.15, 0.2) is 73.1 Å². The number of hydrogen-bond donors (Lipinski definition) is 1. The monoisotopic (exact) mass is 477 g/mol. The molecule has 1 saturated carbocycles. The maximum Gasteiger partial charge on any atom is 0.238 e. The molecule has 36 heavy (non-hydrogen) atoms. The zero-order valence-electron chi connectivity index (χ0n) is 19.9. The molecule has 2 aromatic carbocycles. The number of morpholine rings is 1. The van der Waals surface area contributed by atoms with Crippen LogP contribution in [-0.4, -0.2) is 61.7 Å². The molecule has 3 aromatic heterocycles. The average molecular weight is 478 g/mol. The minimum Gasteiger partial charge on any atom is -0.492 e. The summed E-state index contributed by atoms with van der Waals surface area (Å²) in [4.78, 5) is 16.7. The Morgan fingerprint density at radius 1 is 0.889 bits per heavy atom. The largest absolute Gasteiger partial charge is 0.492 e. The molecule has 0 amide bonds. The Balaban J connectivity index is 1.27. The van der Waals surface area contributed by atoms with Gasteiger partial charge >= 0.3 is 0 Å². The van der Waals surface area contributed by atoms with Gasteiger partial charge in [-0.1, -0.05) is 48.5 Å². The molecule has 7 rings (SSSR count). The summed E-state index contributed by atoms with van der Waals surface area (Å²) in [6.45, 7) is 3.65. The molecule has 5 aromatic rings. The van der Waals surface area contributed by atoms with Crippen molar-refractivity contribution in [3.05, 3.63) is 78.9 Å². The highest BCUT2D eigenvalue weighted by molar-refractivity contribution is 5.89. The molecule has 0 spiro atoms. The van der Waals surface area contributed by atoms with Gasteiger partial charge in [0.05, 0.1) is 24.4 Å². The zero-order valence-corrected chi connectivity index (χ0v) is 19.9. The molecule has 1 saturated heterocycles. The molecule has 2 aliphatic rings. The van der Waals surface area contributed by atoms with Crippen LogP contribution in [0.2, 0.25) is 0 Å². The van der Waals surface area contributed by atoms with Crippen molar-refractivity contribution in [3.8, 4) is 28.4 Å². The van der Waals surface area contributed by atoms with Crippen molar-refractivity contribution in [3.63, 3.8) is 0 Å². The maximum absolute atomic E-state index is 10.8. The fraction of sp³-hybridized carbons (Fsp3) is 0.276. The lowest BCUT2D eigenvalue weighted by atomic mass is 9.78. The fourth-order valence-corrected chi connectivity index (χ4v) is 5.61. The Morgan fingerprint density at radius 2 is 1.69 bits per heavy atom. The van der Waals surface area contributed by atoms with Gasteiger partial charge in [0.25, 0.3) is 0 Å². The van der Waals surface area contributed by atoms with Gasteiger partial charge in [0.2, 0.25) is 5.88 Å². The van der Waals surface area contributed by atoms with Gasteiger partial charge in [-0.05, 0) is 25.0 Å². The number of fused-ring (bicyclic) bond motifs is 2. The van der Waals surface area contributed by atoms with Gasteiger partial charge in [-0.2, -0.15) is 0 Å². The van der Waals surface area contributed by atoms with Crippen molar-refractivity contribution in [2.24, 2.45) is 0 Å². The van der Waals surface area contributed by atoms with E-state index in [0.717, 1.165) is 78.4 Å². The SMILES string of the molecule is Oc1nccn2c(C3CC(N4CCOCC4)C3)nc(-c3ccc4ccc(-c5ccccc5)nc4c3)c12. The van der Waals surface area contributed by atoms with Crippen LogP contribution in [0, 0.1) is 0 Å². The van der Waals surface area contributed by atoms with Crippen LogP contribution >= 0.6 is 0 Å². The summed E-state index contributed by atoms with van der Waals surface area (Å²) in [5, 5.41) is 11.8. The van der Waals surface area contributed by atoms with E-state index in [1.54, 1.807) is 6.20 Å². The second-order valence-electron chi connectivity index (χ2n) is 9.73. The molecule has 2 fully saturated rings. The molecule has 1 aliphatic carbocycles. The lowest BCUT2D eigenvalue weighted by molar-refractivity contribution is -0.00778. The summed E-state index contributed by atoms with van der Waals surface area (Å²) >= 11 is 0.